The number of alkyl halides is 3. The second-order valence-electron chi connectivity index (χ2n) is 8.50. The molecule has 0 aromatic carbocycles. The molecule has 3 fully saturated rings. The molecule has 12 heteroatoms. The number of rotatable bonds is 5. The molecule has 1 amide bonds. The lowest BCUT2D eigenvalue weighted by Gasteiger charge is -2.29. The normalized spacial score (nSPS) is 25.3. The van der Waals surface area contributed by atoms with E-state index in [9.17, 15) is 22.4 Å². The summed E-state index contributed by atoms with van der Waals surface area (Å²) in [5.74, 6) is -2.71. The SMILES string of the molecule is O=C(O)C(F)(F)F.O=C(c1ccnc(F)c1)N1C[C@@H]2COC[C@]2(COCC2CCOCC2)C1. The van der Waals surface area contributed by atoms with Gasteiger partial charge in [-0.15, -0.1) is 0 Å². The van der Waals surface area contributed by atoms with Gasteiger partial charge in [0, 0.05) is 62.1 Å². The van der Waals surface area contributed by atoms with Gasteiger partial charge in [0.2, 0.25) is 5.95 Å². The van der Waals surface area contributed by atoms with Crippen LogP contribution in [0.2, 0.25) is 0 Å². The molecule has 1 aromatic rings. The van der Waals surface area contributed by atoms with E-state index in [4.69, 9.17) is 24.1 Å². The number of nitrogens with zero attached hydrogens (tertiary/aromatic N) is 2. The molecular formula is C21H26F4N2O6. The van der Waals surface area contributed by atoms with E-state index in [2.05, 4.69) is 4.98 Å². The van der Waals surface area contributed by atoms with E-state index in [1.54, 1.807) is 11.0 Å². The van der Waals surface area contributed by atoms with Crippen molar-refractivity contribution < 1.29 is 46.5 Å². The fraction of sp³-hybridized carbons (Fsp3) is 0.667. The summed E-state index contributed by atoms with van der Waals surface area (Å²) in [6.07, 6.45) is -1.66. The Morgan fingerprint density at radius 3 is 2.61 bits per heavy atom. The minimum absolute atomic E-state index is 0.146. The van der Waals surface area contributed by atoms with Crippen LogP contribution < -0.4 is 0 Å². The monoisotopic (exact) mass is 478 g/mol. The Morgan fingerprint density at radius 2 is 1.97 bits per heavy atom. The lowest BCUT2D eigenvalue weighted by Crippen LogP contribution is -2.38. The van der Waals surface area contributed by atoms with E-state index < -0.39 is 18.1 Å². The van der Waals surface area contributed by atoms with Crippen molar-refractivity contribution in [2.45, 2.75) is 19.0 Å². The molecule has 0 spiro atoms. The van der Waals surface area contributed by atoms with E-state index in [0.717, 1.165) is 32.7 Å². The van der Waals surface area contributed by atoms with E-state index >= 15 is 0 Å². The fourth-order valence-corrected chi connectivity index (χ4v) is 4.25. The van der Waals surface area contributed by atoms with Crippen LogP contribution in [0.1, 0.15) is 23.2 Å². The summed E-state index contributed by atoms with van der Waals surface area (Å²) in [6.45, 7) is 5.45. The molecule has 3 aliphatic rings. The first kappa shape index (κ1) is 25.3. The first-order valence-corrected chi connectivity index (χ1v) is 10.5. The molecule has 1 aromatic heterocycles. The Bertz CT molecular complexity index is 833. The molecule has 0 bridgehead atoms. The molecule has 0 radical (unpaired) electrons. The molecule has 8 nitrogen and oxygen atoms in total. The van der Waals surface area contributed by atoms with Gasteiger partial charge in [0.1, 0.15) is 0 Å². The van der Waals surface area contributed by atoms with Crippen molar-refractivity contribution in [1.29, 1.82) is 0 Å². The molecule has 0 unspecified atom stereocenters. The number of ether oxygens (including phenoxy) is 3. The third-order valence-electron chi connectivity index (χ3n) is 6.11. The largest absolute Gasteiger partial charge is 0.490 e. The molecule has 184 valence electrons. The number of amides is 1. The highest BCUT2D eigenvalue weighted by molar-refractivity contribution is 5.94. The lowest BCUT2D eigenvalue weighted by molar-refractivity contribution is -0.192. The Balaban J connectivity index is 0.000000383. The summed E-state index contributed by atoms with van der Waals surface area (Å²) in [7, 11) is 0. The van der Waals surface area contributed by atoms with Crippen LogP contribution >= 0.6 is 0 Å². The number of aliphatic carboxylic acids is 1. The third-order valence-corrected chi connectivity index (χ3v) is 6.11. The Kier molecular flexibility index (Phi) is 8.24. The maximum absolute atomic E-state index is 13.3. The predicted molar refractivity (Wildman–Crippen MR) is 105 cm³/mol. The molecule has 4 heterocycles. The lowest BCUT2D eigenvalue weighted by atomic mass is 9.82. The molecule has 2 atom stereocenters. The van der Waals surface area contributed by atoms with Crippen molar-refractivity contribution in [3.05, 3.63) is 29.8 Å². The van der Waals surface area contributed by atoms with Crippen molar-refractivity contribution in [1.82, 2.24) is 9.88 Å². The highest BCUT2D eigenvalue weighted by Gasteiger charge is 2.52. The van der Waals surface area contributed by atoms with Crippen molar-refractivity contribution in [3.8, 4) is 0 Å². The highest BCUT2D eigenvalue weighted by atomic mass is 19.4. The van der Waals surface area contributed by atoms with Crippen LogP contribution in [0, 0.1) is 23.2 Å². The molecule has 4 rings (SSSR count). The maximum Gasteiger partial charge on any atom is 0.490 e. The second-order valence-corrected chi connectivity index (χ2v) is 8.50. The minimum Gasteiger partial charge on any atom is -0.475 e. The van der Waals surface area contributed by atoms with Crippen LogP contribution in [0.15, 0.2) is 18.3 Å². The molecule has 3 saturated heterocycles. The number of carboxylic acid groups (broad SMARTS) is 1. The second kappa shape index (κ2) is 10.7. The van der Waals surface area contributed by atoms with E-state index in [-0.39, 0.29) is 17.2 Å². The molecule has 3 aliphatic heterocycles. The molecular weight excluding hydrogens is 452 g/mol. The Hall–Kier alpha value is -2.31. The van der Waals surface area contributed by atoms with Crippen LogP contribution in [0.25, 0.3) is 0 Å². The van der Waals surface area contributed by atoms with Gasteiger partial charge in [0.05, 0.1) is 19.8 Å². The smallest absolute Gasteiger partial charge is 0.475 e. The molecule has 1 N–H and O–H groups in total. The molecule has 0 saturated carbocycles. The summed E-state index contributed by atoms with van der Waals surface area (Å²) in [6, 6.07) is 2.76. The number of likely N-dealkylation sites (tertiary alicyclic amines) is 1. The number of carbonyl (C=O) groups excluding carboxylic acids is 1. The van der Waals surface area contributed by atoms with Crippen molar-refractivity contribution in [2.75, 3.05) is 52.7 Å². The number of carboxylic acids is 1. The van der Waals surface area contributed by atoms with Gasteiger partial charge in [-0.2, -0.15) is 17.6 Å². The zero-order valence-electron chi connectivity index (χ0n) is 17.9. The first-order valence-electron chi connectivity index (χ1n) is 10.5. The first-order chi connectivity index (χ1) is 15.6. The number of pyridine rings is 1. The van der Waals surface area contributed by atoms with Crippen LogP contribution in [-0.2, 0) is 19.0 Å². The van der Waals surface area contributed by atoms with Crippen LogP contribution in [0.5, 0.6) is 0 Å². The van der Waals surface area contributed by atoms with E-state index in [0.29, 0.717) is 44.4 Å². The van der Waals surface area contributed by atoms with Gasteiger partial charge < -0.3 is 24.2 Å². The predicted octanol–water partition coefficient (Wildman–Crippen LogP) is 2.39. The number of fused-ring (bicyclic) bond motifs is 1. The average molecular weight is 478 g/mol. The summed E-state index contributed by atoms with van der Waals surface area (Å²) in [5.41, 5.74) is 0.198. The molecule has 33 heavy (non-hydrogen) atoms. The fourth-order valence-electron chi connectivity index (χ4n) is 4.25. The van der Waals surface area contributed by atoms with Crippen molar-refractivity contribution in [2.24, 2.45) is 17.3 Å². The van der Waals surface area contributed by atoms with Gasteiger partial charge >= 0.3 is 12.1 Å². The number of halogens is 4. The molecule has 0 aliphatic carbocycles. The van der Waals surface area contributed by atoms with Gasteiger partial charge in [-0.1, -0.05) is 0 Å². The number of hydrogen-bond donors (Lipinski definition) is 1. The van der Waals surface area contributed by atoms with Gasteiger partial charge in [0.15, 0.2) is 0 Å². The maximum atomic E-state index is 13.3. The Morgan fingerprint density at radius 1 is 1.27 bits per heavy atom. The van der Waals surface area contributed by atoms with E-state index in [1.165, 1.54) is 12.3 Å². The summed E-state index contributed by atoms with van der Waals surface area (Å²) < 4.78 is 62.2. The standard InChI is InChI=1S/C19H25FN2O4.C2HF3O2/c20-17-7-15(1-4-21-17)18(23)22-8-16-10-26-13-19(16,11-22)12-25-9-14-2-5-24-6-3-14;3-2(4,5)1(6)7/h1,4,7,14,16H,2-3,5-6,8-13H2;(H,6,7)/t16-,19-;/m1./s1. The third kappa shape index (κ3) is 6.61. The number of hydrogen-bond acceptors (Lipinski definition) is 6. The quantitative estimate of drug-likeness (QED) is 0.513. The van der Waals surface area contributed by atoms with Gasteiger partial charge in [0.25, 0.3) is 5.91 Å². The van der Waals surface area contributed by atoms with Gasteiger partial charge in [-0.05, 0) is 24.8 Å². The zero-order chi connectivity index (χ0) is 24.1. The average Bonchev–Trinajstić information content (AvgIpc) is 3.31. The Labute approximate surface area is 187 Å². The summed E-state index contributed by atoms with van der Waals surface area (Å²) in [5, 5.41) is 7.12. The number of carbonyl (C=O) groups is 2. The van der Waals surface area contributed by atoms with E-state index in [1.807, 2.05) is 0 Å². The van der Waals surface area contributed by atoms with Crippen molar-refractivity contribution >= 4 is 11.9 Å². The topological polar surface area (TPSA) is 98.2 Å². The number of aromatic nitrogens is 1. The summed E-state index contributed by atoms with van der Waals surface area (Å²) in [4.78, 5) is 26.9. The van der Waals surface area contributed by atoms with Crippen LogP contribution in [0.3, 0.4) is 0 Å². The van der Waals surface area contributed by atoms with Crippen molar-refractivity contribution in [3.63, 3.8) is 0 Å². The van der Waals surface area contributed by atoms with Crippen LogP contribution in [-0.4, -0.2) is 85.8 Å². The summed E-state index contributed by atoms with van der Waals surface area (Å²) >= 11 is 0. The highest BCUT2D eigenvalue weighted by Crippen LogP contribution is 2.42. The zero-order valence-corrected chi connectivity index (χ0v) is 17.9. The van der Waals surface area contributed by atoms with Gasteiger partial charge in [-0.25, -0.2) is 9.78 Å². The van der Waals surface area contributed by atoms with Crippen LogP contribution in [0.4, 0.5) is 17.6 Å². The minimum atomic E-state index is -5.08. The van der Waals surface area contributed by atoms with Gasteiger partial charge in [-0.3, -0.25) is 4.79 Å².